The summed E-state index contributed by atoms with van der Waals surface area (Å²) < 4.78 is 9.60. The average molecular weight is 449 g/mol. The third-order valence-electron chi connectivity index (χ3n) is 8.90. The maximum absolute atomic E-state index is 13.1. The van der Waals surface area contributed by atoms with Gasteiger partial charge in [0.25, 0.3) is 0 Å². The van der Waals surface area contributed by atoms with E-state index in [0.717, 1.165) is 59.6 Å². The Hall–Kier alpha value is -2.34. The summed E-state index contributed by atoms with van der Waals surface area (Å²) in [6, 6.07) is 8.31. The number of para-hydroxylation sites is 2. The third-order valence-corrected chi connectivity index (χ3v) is 8.90. The predicted molar refractivity (Wildman–Crippen MR) is 129 cm³/mol. The first-order valence-corrected chi connectivity index (χ1v) is 12.8. The van der Waals surface area contributed by atoms with Crippen LogP contribution < -0.4 is 0 Å². The number of imidazole rings is 2. The second-order valence-electron chi connectivity index (χ2n) is 11.0. The van der Waals surface area contributed by atoms with E-state index in [-0.39, 0.29) is 11.5 Å². The van der Waals surface area contributed by atoms with Crippen molar-refractivity contribution in [3.8, 4) is 0 Å². The van der Waals surface area contributed by atoms with Gasteiger partial charge >= 0.3 is 5.97 Å². The van der Waals surface area contributed by atoms with Crippen LogP contribution in [0.1, 0.15) is 74.5 Å². The van der Waals surface area contributed by atoms with Gasteiger partial charge in [-0.15, -0.1) is 0 Å². The number of fused-ring (bicyclic) bond motifs is 3. The Kier molecular flexibility index (Phi) is 5.05. The van der Waals surface area contributed by atoms with Gasteiger partial charge in [-0.3, -0.25) is 9.30 Å². The Morgan fingerprint density at radius 1 is 1.12 bits per heavy atom. The average Bonchev–Trinajstić information content (AvgIpc) is 3.30. The minimum absolute atomic E-state index is 0.274. The Morgan fingerprint density at radius 2 is 1.76 bits per heavy atom. The zero-order chi connectivity index (χ0) is 22.7. The molecule has 4 bridgehead atoms. The van der Waals surface area contributed by atoms with Crippen LogP contribution in [0.25, 0.3) is 16.8 Å². The zero-order valence-corrected chi connectivity index (χ0v) is 20.2. The SMILES string of the molecule is CCCCn1c2ccccc2n2c(C(=O)OC)c(CN(C)C34CC5CC(CC(C5)C3)C4)nc12. The highest BCUT2D eigenvalue weighted by Crippen LogP contribution is 2.57. The predicted octanol–water partition coefficient (Wildman–Crippen LogP) is 5.28. The fourth-order valence-electron chi connectivity index (χ4n) is 7.73. The second-order valence-corrected chi connectivity index (χ2v) is 11.0. The number of unbranched alkanes of at least 4 members (excludes halogenated alkanes) is 1. The molecule has 0 atom stereocenters. The van der Waals surface area contributed by atoms with Gasteiger partial charge in [-0.2, -0.15) is 0 Å². The van der Waals surface area contributed by atoms with Crippen LogP contribution in [-0.4, -0.2) is 44.5 Å². The van der Waals surface area contributed by atoms with Crippen molar-refractivity contribution in [2.45, 2.75) is 76.9 Å². The summed E-state index contributed by atoms with van der Waals surface area (Å²) in [5.74, 6) is 3.24. The Bertz CT molecular complexity index is 1170. The van der Waals surface area contributed by atoms with Gasteiger partial charge in [0.1, 0.15) is 0 Å². The topological polar surface area (TPSA) is 51.8 Å². The molecule has 6 nitrogen and oxygen atoms in total. The van der Waals surface area contributed by atoms with Crippen molar-refractivity contribution < 1.29 is 9.53 Å². The first-order valence-electron chi connectivity index (χ1n) is 12.8. The molecule has 0 unspecified atom stereocenters. The van der Waals surface area contributed by atoms with Gasteiger partial charge in [0.05, 0.1) is 23.8 Å². The maximum Gasteiger partial charge on any atom is 0.357 e. The van der Waals surface area contributed by atoms with Crippen molar-refractivity contribution in [1.82, 2.24) is 18.9 Å². The largest absolute Gasteiger partial charge is 0.464 e. The summed E-state index contributed by atoms with van der Waals surface area (Å²) in [6.45, 7) is 3.80. The molecule has 2 aromatic heterocycles. The van der Waals surface area contributed by atoms with E-state index >= 15 is 0 Å². The van der Waals surface area contributed by atoms with Crippen LogP contribution in [0.15, 0.2) is 24.3 Å². The molecular formula is C27H36N4O2. The smallest absolute Gasteiger partial charge is 0.357 e. The molecule has 0 saturated heterocycles. The van der Waals surface area contributed by atoms with Crippen LogP contribution >= 0.6 is 0 Å². The molecule has 1 aromatic carbocycles. The number of esters is 1. The molecular weight excluding hydrogens is 412 g/mol. The lowest BCUT2D eigenvalue weighted by molar-refractivity contribution is -0.0825. The molecule has 4 saturated carbocycles. The van der Waals surface area contributed by atoms with E-state index in [1.54, 1.807) is 0 Å². The van der Waals surface area contributed by atoms with E-state index in [0.29, 0.717) is 12.2 Å². The number of hydrogen-bond acceptors (Lipinski definition) is 4. The van der Waals surface area contributed by atoms with E-state index in [2.05, 4.69) is 41.6 Å². The summed E-state index contributed by atoms with van der Waals surface area (Å²) in [7, 11) is 3.74. The number of ether oxygens (including phenoxy) is 1. The lowest BCUT2D eigenvalue weighted by Gasteiger charge is -2.60. The number of methoxy groups -OCH3 is 1. The lowest BCUT2D eigenvalue weighted by Crippen LogP contribution is -2.58. The molecule has 2 heterocycles. The number of aryl methyl sites for hydroxylation is 1. The summed E-state index contributed by atoms with van der Waals surface area (Å²) in [5, 5.41) is 0. The minimum Gasteiger partial charge on any atom is -0.464 e. The van der Waals surface area contributed by atoms with Gasteiger partial charge in [-0.25, -0.2) is 9.78 Å². The number of hydrogen-bond donors (Lipinski definition) is 0. The number of carbonyl (C=O) groups excluding carboxylic acids is 1. The first kappa shape index (κ1) is 21.2. The third kappa shape index (κ3) is 3.24. The molecule has 0 radical (unpaired) electrons. The molecule has 0 amide bonds. The molecule has 4 aliphatic carbocycles. The molecule has 6 heteroatoms. The van der Waals surface area contributed by atoms with Crippen molar-refractivity contribution >= 4 is 22.8 Å². The first-order chi connectivity index (χ1) is 16.0. The number of benzene rings is 1. The van der Waals surface area contributed by atoms with Crippen LogP contribution in [0.3, 0.4) is 0 Å². The number of carbonyl (C=O) groups is 1. The molecule has 176 valence electrons. The standard InChI is InChI=1S/C27H36N4O2/c1-4-5-10-30-22-8-6-7-9-23(22)31-24(25(32)33-3)21(28-26(30)31)17-29(2)27-14-18-11-19(15-27)13-20(12-18)16-27/h6-9,18-20H,4-5,10-17H2,1-3H3. The molecule has 0 N–H and O–H groups in total. The summed E-state index contributed by atoms with van der Waals surface area (Å²) in [4.78, 5) is 20.8. The minimum atomic E-state index is -0.296. The molecule has 0 aliphatic heterocycles. The van der Waals surface area contributed by atoms with E-state index in [1.165, 1.54) is 45.6 Å². The molecule has 7 rings (SSSR count). The van der Waals surface area contributed by atoms with Gasteiger partial charge in [0.15, 0.2) is 5.69 Å². The number of aromatic nitrogens is 3. The quantitative estimate of drug-likeness (QED) is 0.462. The van der Waals surface area contributed by atoms with Crippen molar-refractivity contribution in [1.29, 1.82) is 0 Å². The van der Waals surface area contributed by atoms with Gasteiger partial charge in [0, 0.05) is 18.6 Å². The van der Waals surface area contributed by atoms with Crippen molar-refractivity contribution in [3.63, 3.8) is 0 Å². The van der Waals surface area contributed by atoms with Crippen LogP contribution in [0.5, 0.6) is 0 Å². The molecule has 4 fully saturated rings. The van der Waals surface area contributed by atoms with Crippen LogP contribution in [0.4, 0.5) is 0 Å². The van der Waals surface area contributed by atoms with Crippen LogP contribution in [0, 0.1) is 17.8 Å². The van der Waals surface area contributed by atoms with Crippen LogP contribution in [-0.2, 0) is 17.8 Å². The van der Waals surface area contributed by atoms with Gasteiger partial charge in [-0.1, -0.05) is 25.5 Å². The Balaban J connectivity index is 1.44. The highest BCUT2D eigenvalue weighted by atomic mass is 16.5. The normalized spacial score (nSPS) is 28.4. The number of rotatable bonds is 7. The molecule has 0 spiro atoms. The van der Waals surface area contributed by atoms with Gasteiger partial charge in [0.2, 0.25) is 5.78 Å². The molecule has 3 aromatic rings. The maximum atomic E-state index is 13.1. The van der Waals surface area contributed by atoms with Crippen molar-refractivity contribution in [2.75, 3.05) is 14.2 Å². The van der Waals surface area contributed by atoms with Crippen molar-refractivity contribution in [3.05, 3.63) is 35.7 Å². The lowest BCUT2D eigenvalue weighted by atomic mass is 9.52. The number of nitrogens with zero attached hydrogens (tertiary/aromatic N) is 4. The summed E-state index contributed by atoms with van der Waals surface area (Å²) in [6.07, 6.45) is 10.4. The highest BCUT2D eigenvalue weighted by Gasteiger charge is 2.52. The monoisotopic (exact) mass is 448 g/mol. The van der Waals surface area contributed by atoms with E-state index in [4.69, 9.17) is 9.72 Å². The van der Waals surface area contributed by atoms with Crippen LogP contribution in [0.2, 0.25) is 0 Å². The van der Waals surface area contributed by atoms with Gasteiger partial charge < -0.3 is 9.30 Å². The fourth-order valence-corrected chi connectivity index (χ4v) is 7.73. The Morgan fingerprint density at radius 3 is 2.36 bits per heavy atom. The highest BCUT2D eigenvalue weighted by molar-refractivity contribution is 5.93. The van der Waals surface area contributed by atoms with E-state index in [9.17, 15) is 4.79 Å². The summed E-state index contributed by atoms with van der Waals surface area (Å²) >= 11 is 0. The van der Waals surface area contributed by atoms with Crippen molar-refractivity contribution in [2.24, 2.45) is 17.8 Å². The molecule has 4 aliphatic rings. The Labute approximate surface area is 195 Å². The zero-order valence-electron chi connectivity index (χ0n) is 20.2. The second kappa shape index (κ2) is 7.86. The van der Waals surface area contributed by atoms with Gasteiger partial charge in [-0.05, 0) is 81.9 Å². The molecule has 33 heavy (non-hydrogen) atoms. The van der Waals surface area contributed by atoms with E-state index < -0.39 is 0 Å². The summed E-state index contributed by atoms with van der Waals surface area (Å²) in [5.41, 5.74) is 3.87. The fraction of sp³-hybridized carbons (Fsp3) is 0.630. The van der Waals surface area contributed by atoms with E-state index in [1.807, 2.05) is 10.5 Å².